The van der Waals surface area contributed by atoms with E-state index in [-0.39, 0.29) is 0 Å². The van der Waals surface area contributed by atoms with E-state index in [0.717, 1.165) is 27.8 Å². The Morgan fingerprint density at radius 1 is 0.513 bits per heavy atom. The monoisotopic (exact) mass is 499 g/mol. The van der Waals surface area contributed by atoms with Crippen LogP contribution in [0.3, 0.4) is 0 Å². The number of benzene rings is 5. The van der Waals surface area contributed by atoms with Crippen LogP contribution >= 0.6 is 0 Å². The Morgan fingerprint density at radius 3 is 1.54 bits per heavy atom. The molecule has 2 heterocycles. The normalized spacial score (nSPS) is 11.1. The molecule has 39 heavy (non-hydrogen) atoms. The van der Waals surface area contributed by atoms with E-state index in [1.807, 2.05) is 91.0 Å². The van der Waals surface area contributed by atoms with Crippen molar-refractivity contribution >= 4 is 21.8 Å². The van der Waals surface area contributed by atoms with Crippen LogP contribution in [0.2, 0.25) is 0 Å². The lowest BCUT2D eigenvalue weighted by Gasteiger charge is -2.12. The maximum Gasteiger partial charge on any atom is 0.165 e. The Hall–Kier alpha value is -5.60. The largest absolute Gasteiger partial charge is 0.309 e. The van der Waals surface area contributed by atoms with Crippen molar-refractivity contribution in [1.82, 2.24) is 19.5 Å². The van der Waals surface area contributed by atoms with Gasteiger partial charge in [-0.1, -0.05) is 97.1 Å². The van der Waals surface area contributed by atoms with Crippen LogP contribution in [0, 0.1) is 11.3 Å². The van der Waals surface area contributed by atoms with Crippen LogP contribution in [0.1, 0.15) is 5.56 Å². The minimum Gasteiger partial charge on any atom is -0.309 e. The van der Waals surface area contributed by atoms with Crippen LogP contribution in [-0.2, 0) is 0 Å². The molecule has 7 aromatic rings. The minimum atomic E-state index is 0.460. The van der Waals surface area contributed by atoms with Crippen molar-refractivity contribution in [3.63, 3.8) is 0 Å². The van der Waals surface area contributed by atoms with Gasteiger partial charge in [0.25, 0.3) is 0 Å². The highest BCUT2D eigenvalue weighted by Gasteiger charge is 2.18. The summed E-state index contributed by atoms with van der Waals surface area (Å²) < 4.78 is 2.23. The summed E-state index contributed by atoms with van der Waals surface area (Å²) in [5.41, 5.74) is 6.06. The molecule has 0 spiro atoms. The average molecular weight is 500 g/mol. The van der Waals surface area contributed by atoms with Gasteiger partial charge < -0.3 is 4.57 Å². The Morgan fingerprint density at radius 2 is 1.00 bits per heavy atom. The third-order valence-electron chi connectivity index (χ3n) is 6.90. The molecule has 0 amide bonds. The molecule has 0 unspecified atom stereocenters. The molecule has 0 saturated heterocycles. The van der Waals surface area contributed by atoms with Gasteiger partial charge in [-0.2, -0.15) is 5.26 Å². The van der Waals surface area contributed by atoms with Crippen molar-refractivity contribution in [3.8, 4) is 45.9 Å². The van der Waals surface area contributed by atoms with Gasteiger partial charge in [0, 0.05) is 33.2 Å². The SMILES string of the molecule is N#Cc1ccc(-n2c3ccccc3c3ccccc32)cc1-c1nc(-c2ccccc2)nc(-c2ccccc2)n1. The first-order valence-electron chi connectivity index (χ1n) is 12.7. The molecule has 0 fully saturated rings. The maximum atomic E-state index is 10.1. The van der Waals surface area contributed by atoms with E-state index in [0.29, 0.717) is 28.6 Å². The molecule has 0 saturated carbocycles. The van der Waals surface area contributed by atoms with E-state index in [2.05, 4.69) is 47.0 Å². The van der Waals surface area contributed by atoms with Crippen LogP contribution < -0.4 is 0 Å². The number of para-hydroxylation sites is 2. The molecule has 0 aliphatic heterocycles. The zero-order chi connectivity index (χ0) is 26.2. The predicted molar refractivity (Wildman–Crippen MR) is 155 cm³/mol. The van der Waals surface area contributed by atoms with Gasteiger partial charge in [-0.3, -0.25) is 0 Å². The van der Waals surface area contributed by atoms with Crippen LogP contribution in [0.25, 0.3) is 61.7 Å². The fourth-order valence-electron chi connectivity index (χ4n) is 5.08. The minimum absolute atomic E-state index is 0.460. The molecular weight excluding hydrogens is 478 g/mol. The van der Waals surface area contributed by atoms with E-state index in [1.54, 1.807) is 0 Å². The summed E-state index contributed by atoms with van der Waals surface area (Å²) in [5.74, 6) is 1.58. The summed E-state index contributed by atoms with van der Waals surface area (Å²) in [5, 5.41) is 12.4. The quantitative estimate of drug-likeness (QED) is 0.247. The number of hydrogen-bond acceptors (Lipinski definition) is 4. The fourth-order valence-corrected chi connectivity index (χ4v) is 5.08. The number of nitrogens with zero attached hydrogens (tertiary/aromatic N) is 5. The first-order chi connectivity index (χ1) is 19.3. The summed E-state index contributed by atoms with van der Waals surface area (Å²) in [6.07, 6.45) is 0. The number of fused-ring (bicyclic) bond motifs is 3. The lowest BCUT2D eigenvalue weighted by Crippen LogP contribution is -2.02. The second-order valence-corrected chi connectivity index (χ2v) is 9.25. The summed E-state index contributed by atoms with van der Waals surface area (Å²) in [6, 6.07) is 44.6. The van der Waals surface area contributed by atoms with Crippen LogP contribution in [-0.4, -0.2) is 19.5 Å². The highest BCUT2D eigenvalue weighted by molar-refractivity contribution is 6.09. The van der Waals surface area contributed by atoms with Gasteiger partial charge >= 0.3 is 0 Å². The van der Waals surface area contributed by atoms with Gasteiger partial charge in [0.1, 0.15) is 0 Å². The first kappa shape index (κ1) is 22.6. The van der Waals surface area contributed by atoms with E-state index >= 15 is 0 Å². The van der Waals surface area contributed by atoms with Gasteiger partial charge in [0.05, 0.1) is 22.7 Å². The third kappa shape index (κ3) is 3.92. The lowest BCUT2D eigenvalue weighted by atomic mass is 10.1. The highest BCUT2D eigenvalue weighted by Crippen LogP contribution is 2.34. The van der Waals surface area contributed by atoms with Gasteiger partial charge in [0.15, 0.2) is 17.5 Å². The van der Waals surface area contributed by atoms with Crippen molar-refractivity contribution in [3.05, 3.63) is 133 Å². The molecule has 0 N–H and O–H groups in total. The predicted octanol–water partition coefficient (Wildman–Crippen LogP) is 7.84. The Labute approximate surface area is 225 Å². The molecule has 5 aromatic carbocycles. The topological polar surface area (TPSA) is 67.4 Å². The zero-order valence-corrected chi connectivity index (χ0v) is 20.9. The Bertz CT molecular complexity index is 1910. The molecule has 7 rings (SSSR count). The molecule has 0 aliphatic rings. The molecule has 0 radical (unpaired) electrons. The molecule has 0 bridgehead atoms. The van der Waals surface area contributed by atoms with Gasteiger partial charge in [-0.25, -0.2) is 15.0 Å². The maximum absolute atomic E-state index is 10.1. The van der Waals surface area contributed by atoms with Gasteiger partial charge in [-0.05, 0) is 30.3 Å². The van der Waals surface area contributed by atoms with E-state index in [4.69, 9.17) is 15.0 Å². The van der Waals surface area contributed by atoms with Gasteiger partial charge in [0.2, 0.25) is 0 Å². The lowest BCUT2D eigenvalue weighted by molar-refractivity contribution is 1.07. The fraction of sp³-hybridized carbons (Fsp3) is 0. The molecule has 182 valence electrons. The summed E-state index contributed by atoms with van der Waals surface area (Å²) in [7, 11) is 0. The smallest absolute Gasteiger partial charge is 0.165 e. The molecule has 5 nitrogen and oxygen atoms in total. The summed E-state index contributed by atoms with van der Waals surface area (Å²) >= 11 is 0. The van der Waals surface area contributed by atoms with E-state index in [1.165, 1.54) is 10.8 Å². The molecule has 5 heteroatoms. The second-order valence-electron chi connectivity index (χ2n) is 9.25. The van der Waals surface area contributed by atoms with Crippen molar-refractivity contribution in [1.29, 1.82) is 5.26 Å². The molecule has 0 atom stereocenters. The molecular formula is C34H21N5. The van der Waals surface area contributed by atoms with E-state index in [9.17, 15) is 5.26 Å². The summed E-state index contributed by atoms with van der Waals surface area (Å²) in [4.78, 5) is 14.5. The van der Waals surface area contributed by atoms with Crippen molar-refractivity contribution in [2.75, 3.05) is 0 Å². The van der Waals surface area contributed by atoms with Gasteiger partial charge in [-0.15, -0.1) is 0 Å². The number of rotatable bonds is 4. The Balaban J connectivity index is 1.49. The van der Waals surface area contributed by atoms with Crippen LogP contribution in [0.15, 0.2) is 127 Å². The average Bonchev–Trinajstić information content (AvgIpc) is 3.36. The standard InChI is InChI=1S/C34H21N5/c35-22-25-19-20-26(39-30-17-9-7-15-27(30)28-16-8-10-18-31(28)39)21-29(25)34-37-32(23-11-3-1-4-12-23)36-33(38-34)24-13-5-2-6-14-24/h1-21H. The number of hydrogen-bond donors (Lipinski definition) is 0. The molecule has 0 aliphatic carbocycles. The van der Waals surface area contributed by atoms with E-state index < -0.39 is 0 Å². The third-order valence-corrected chi connectivity index (χ3v) is 6.90. The second kappa shape index (κ2) is 9.37. The summed E-state index contributed by atoms with van der Waals surface area (Å²) in [6.45, 7) is 0. The van der Waals surface area contributed by atoms with Crippen molar-refractivity contribution in [2.45, 2.75) is 0 Å². The Kier molecular flexibility index (Phi) is 5.42. The number of nitriles is 1. The number of aromatic nitrogens is 4. The highest BCUT2D eigenvalue weighted by atomic mass is 15.0. The van der Waals surface area contributed by atoms with Crippen LogP contribution in [0.5, 0.6) is 0 Å². The van der Waals surface area contributed by atoms with Crippen molar-refractivity contribution in [2.24, 2.45) is 0 Å². The zero-order valence-electron chi connectivity index (χ0n) is 20.9. The molecule has 2 aromatic heterocycles. The van der Waals surface area contributed by atoms with Crippen molar-refractivity contribution < 1.29 is 0 Å². The first-order valence-corrected chi connectivity index (χ1v) is 12.7. The van der Waals surface area contributed by atoms with Crippen LogP contribution in [0.4, 0.5) is 0 Å².